The van der Waals surface area contributed by atoms with Gasteiger partial charge < -0.3 is 14.7 Å². The highest BCUT2D eigenvalue weighted by Gasteiger charge is 2.44. The lowest BCUT2D eigenvalue weighted by Crippen LogP contribution is -2.31. The summed E-state index contributed by atoms with van der Waals surface area (Å²) in [6.45, 7) is 4.81. The molecular weight excluding hydrogens is 775 g/mol. The van der Waals surface area contributed by atoms with Crippen LogP contribution in [0, 0.1) is 0 Å². The van der Waals surface area contributed by atoms with Crippen LogP contribution in [0.25, 0.3) is 38.4 Å². The molecule has 0 unspecified atom stereocenters. The summed E-state index contributed by atoms with van der Waals surface area (Å²) < 4.78 is 0. The molecule has 0 aromatic heterocycles. The summed E-state index contributed by atoms with van der Waals surface area (Å²) in [6.07, 6.45) is 0. The van der Waals surface area contributed by atoms with Crippen LogP contribution < -0.4 is 14.7 Å². The maximum atomic E-state index is 2.49. The molecule has 0 saturated heterocycles. The van der Waals surface area contributed by atoms with Crippen molar-refractivity contribution in [2.75, 3.05) is 14.7 Å². The van der Waals surface area contributed by atoms with E-state index >= 15 is 0 Å². The van der Waals surface area contributed by atoms with Crippen molar-refractivity contribution in [3.05, 3.63) is 266 Å². The van der Waals surface area contributed by atoms with E-state index in [2.05, 4.69) is 277 Å². The summed E-state index contributed by atoms with van der Waals surface area (Å²) in [5.74, 6) is 0. The topological polar surface area (TPSA) is 9.72 Å². The highest BCUT2D eigenvalue weighted by molar-refractivity contribution is 6.22. The number of allylic oxidation sites excluding steroid dienone is 1. The van der Waals surface area contributed by atoms with Crippen molar-refractivity contribution in [3.8, 4) is 11.1 Å². The minimum atomic E-state index is -0.461. The quantitative estimate of drug-likeness (QED) is 0.127. The summed E-state index contributed by atoms with van der Waals surface area (Å²) in [5.41, 5.74) is 14.6. The number of para-hydroxylation sites is 6. The van der Waals surface area contributed by atoms with Crippen molar-refractivity contribution in [2.24, 2.45) is 0 Å². The fourth-order valence-electron chi connectivity index (χ4n) is 9.93. The van der Waals surface area contributed by atoms with Crippen molar-refractivity contribution < 1.29 is 0 Å². The number of hydrogen-bond donors (Lipinski definition) is 0. The molecule has 0 spiro atoms. The number of nitrogens with zero attached hydrogens (tertiary/aromatic N) is 3. The summed E-state index contributed by atoms with van der Waals surface area (Å²) in [7, 11) is 0. The first-order chi connectivity index (χ1) is 31.6. The second-order valence-electron chi connectivity index (χ2n) is 16.9. The smallest absolute Gasteiger partial charge is 0.0744 e. The third-order valence-electron chi connectivity index (χ3n) is 12.7. The van der Waals surface area contributed by atoms with E-state index in [-0.39, 0.29) is 0 Å². The van der Waals surface area contributed by atoms with Gasteiger partial charge in [0.2, 0.25) is 0 Å². The van der Waals surface area contributed by atoms with E-state index in [1.807, 2.05) is 0 Å². The largest absolute Gasteiger partial charge is 0.311 e. The Morgan fingerprint density at radius 1 is 0.312 bits per heavy atom. The number of rotatable bonds is 10. The van der Waals surface area contributed by atoms with E-state index in [0.29, 0.717) is 0 Å². The molecule has 0 aliphatic heterocycles. The normalized spacial score (nSPS) is 12.9. The molecule has 306 valence electrons. The van der Waals surface area contributed by atoms with E-state index in [1.165, 1.54) is 55.2 Å². The third kappa shape index (κ3) is 6.61. The molecule has 0 N–H and O–H groups in total. The third-order valence-corrected chi connectivity index (χ3v) is 12.7. The lowest BCUT2D eigenvalue weighted by molar-refractivity contribution is 0.625. The van der Waals surface area contributed by atoms with Gasteiger partial charge >= 0.3 is 0 Å². The molecule has 1 aliphatic rings. The molecule has 3 nitrogen and oxygen atoms in total. The molecule has 0 bridgehead atoms. The zero-order chi connectivity index (χ0) is 43.0. The Kier molecular flexibility index (Phi) is 9.86. The van der Waals surface area contributed by atoms with Gasteiger partial charge in [-0.3, -0.25) is 0 Å². The van der Waals surface area contributed by atoms with E-state index in [9.17, 15) is 0 Å². The molecule has 0 amide bonds. The molecule has 10 aromatic carbocycles. The predicted octanol–water partition coefficient (Wildman–Crippen LogP) is 16.8. The first-order valence-electron chi connectivity index (χ1n) is 22.1. The second kappa shape index (κ2) is 16.3. The molecule has 11 rings (SSSR count). The molecule has 0 fully saturated rings. The van der Waals surface area contributed by atoms with E-state index in [0.717, 1.165) is 39.8 Å². The monoisotopic (exact) mass is 821 g/mol. The van der Waals surface area contributed by atoms with Gasteiger partial charge in [0, 0.05) is 55.9 Å². The number of hydrogen-bond acceptors (Lipinski definition) is 3. The number of benzene rings is 10. The summed E-state index contributed by atoms with van der Waals surface area (Å²) >= 11 is 0. The van der Waals surface area contributed by atoms with E-state index < -0.39 is 5.41 Å². The number of fused-ring (bicyclic) bond motifs is 3. The molecule has 0 radical (unpaired) electrons. The summed E-state index contributed by atoms with van der Waals surface area (Å²) in [5, 5.41) is 4.81. The molecule has 3 heteroatoms. The standard InChI is InChI=1S/C61H47N3/c1-61(2)56-43-44(57-51-37-21-23-39-53(51)58(54-40-24-22-38-52(54)57)62(45-25-9-3-10-26-45)46-27-11-4-12-28-46)41-42-55(56)59(63(47-29-13-5-14-30-47)48-31-15-6-16-32-48)60(61)64(49-33-17-7-18-34-49)50-35-19-8-20-36-50/h3-43H,1-2H3. The van der Waals surface area contributed by atoms with Crippen LogP contribution in [0.5, 0.6) is 0 Å². The fourth-order valence-corrected chi connectivity index (χ4v) is 9.93. The van der Waals surface area contributed by atoms with Gasteiger partial charge in [-0.2, -0.15) is 0 Å². The van der Waals surface area contributed by atoms with Gasteiger partial charge in [0.05, 0.1) is 17.1 Å². The summed E-state index contributed by atoms with van der Waals surface area (Å²) in [4.78, 5) is 7.37. The van der Waals surface area contributed by atoms with Gasteiger partial charge in [-0.1, -0.05) is 184 Å². The Balaban J connectivity index is 1.19. The fraction of sp³-hybridized carbons (Fsp3) is 0.0492. The van der Waals surface area contributed by atoms with Crippen LogP contribution in [0.15, 0.2) is 254 Å². The van der Waals surface area contributed by atoms with Gasteiger partial charge in [-0.25, -0.2) is 0 Å². The van der Waals surface area contributed by atoms with Crippen LogP contribution in [-0.2, 0) is 5.41 Å². The van der Waals surface area contributed by atoms with Crippen LogP contribution in [0.4, 0.5) is 39.8 Å². The van der Waals surface area contributed by atoms with Crippen molar-refractivity contribution >= 4 is 67.1 Å². The molecule has 0 saturated carbocycles. The minimum absolute atomic E-state index is 0.461. The average molecular weight is 822 g/mol. The van der Waals surface area contributed by atoms with Crippen LogP contribution >= 0.6 is 0 Å². The van der Waals surface area contributed by atoms with Gasteiger partial charge in [0.15, 0.2) is 0 Å². The Morgan fingerprint density at radius 3 is 1.03 bits per heavy atom. The van der Waals surface area contributed by atoms with Crippen molar-refractivity contribution in [1.29, 1.82) is 0 Å². The molecular formula is C61H47N3. The zero-order valence-electron chi connectivity index (χ0n) is 36.0. The summed E-state index contributed by atoms with van der Waals surface area (Å²) in [6, 6.07) is 90.0. The highest BCUT2D eigenvalue weighted by atomic mass is 15.2. The van der Waals surface area contributed by atoms with Gasteiger partial charge in [0.1, 0.15) is 0 Å². The lowest BCUT2D eigenvalue weighted by atomic mass is 9.81. The van der Waals surface area contributed by atoms with Crippen molar-refractivity contribution in [1.82, 2.24) is 0 Å². The molecule has 1 aliphatic carbocycles. The predicted molar refractivity (Wildman–Crippen MR) is 272 cm³/mol. The van der Waals surface area contributed by atoms with Crippen LogP contribution in [0.3, 0.4) is 0 Å². The minimum Gasteiger partial charge on any atom is -0.311 e. The van der Waals surface area contributed by atoms with Crippen molar-refractivity contribution in [3.63, 3.8) is 0 Å². The Bertz CT molecular complexity index is 3100. The first-order valence-corrected chi connectivity index (χ1v) is 22.1. The van der Waals surface area contributed by atoms with E-state index in [1.54, 1.807) is 0 Å². The Hall–Kier alpha value is -8.14. The second-order valence-corrected chi connectivity index (χ2v) is 16.9. The maximum absolute atomic E-state index is 2.49. The van der Waals surface area contributed by atoms with E-state index in [4.69, 9.17) is 0 Å². The van der Waals surface area contributed by atoms with Gasteiger partial charge in [0.25, 0.3) is 0 Å². The molecule has 10 aromatic rings. The van der Waals surface area contributed by atoms with Crippen LogP contribution in [0.1, 0.15) is 25.0 Å². The van der Waals surface area contributed by atoms with Crippen LogP contribution in [0.2, 0.25) is 0 Å². The molecule has 0 atom stereocenters. The highest BCUT2D eigenvalue weighted by Crippen LogP contribution is 2.56. The van der Waals surface area contributed by atoms with Crippen LogP contribution in [-0.4, -0.2) is 0 Å². The average Bonchev–Trinajstić information content (AvgIpc) is 3.58. The Labute approximate surface area is 376 Å². The zero-order valence-corrected chi connectivity index (χ0v) is 36.0. The first kappa shape index (κ1) is 38.8. The Morgan fingerprint density at radius 2 is 0.641 bits per heavy atom. The van der Waals surface area contributed by atoms with Crippen molar-refractivity contribution in [2.45, 2.75) is 19.3 Å². The lowest BCUT2D eigenvalue weighted by Gasteiger charge is -2.37. The number of anilines is 7. The van der Waals surface area contributed by atoms with Gasteiger partial charge in [-0.05, 0) is 106 Å². The SMILES string of the molecule is CC1(C)C(N(c2ccccc2)c2ccccc2)=C(N(c2ccccc2)c2ccccc2)c2ccc(-c3c4ccccc4c(N(c4ccccc4)c4ccccc4)c4ccccc34)cc21. The van der Waals surface area contributed by atoms with Gasteiger partial charge in [-0.15, -0.1) is 0 Å². The molecule has 0 heterocycles. The molecule has 64 heavy (non-hydrogen) atoms. The maximum Gasteiger partial charge on any atom is 0.0744 e.